The molecule has 3 heterocycles. The van der Waals surface area contributed by atoms with Gasteiger partial charge in [-0.1, -0.05) is 24.9 Å². The summed E-state index contributed by atoms with van der Waals surface area (Å²) < 4.78 is 0. The first-order chi connectivity index (χ1) is 14.0. The van der Waals surface area contributed by atoms with Gasteiger partial charge in [0.05, 0.1) is 6.54 Å². The van der Waals surface area contributed by atoms with Gasteiger partial charge >= 0.3 is 0 Å². The van der Waals surface area contributed by atoms with E-state index in [1.807, 2.05) is 25.1 Å². The van der Waals surface area contributed by atoms with Crippen molar-refractivity contribution in [3.05, 3.63) is 28.8 Å². The van der Waals surface area contributed by atoms with E-state index in [9.17, 15) is 9.59 Å². The topological polar surface area (TPSA) is 52.7 Å². The first-order valence-corrected chi connectivity index (χ1v) is 11.4. The Balaban J connectivity index is 1.43. The molecule has 3 aliphatic heterocycles. The van der Waals surface area contributed by atoms with Crippen molar-refractivity contribution < 1.29 is 9.59 Å². The summed E-state index contributed by atoms with van der Waals surface area (Å²) in [5.74, 6) is 1.36. The second kappa shape index (κ2) is 8.65. The maximum atomic E-state index is 12.7. The third kappa shape index (κ3) is 4.31. The van der Waals surface area contributed by atoms with Gasteiger partial charge in [0.25, 0.3) is 0 Å². The normalized spacial score (nSPS) is 29.5. The Labute approximate surface area is 178 Å². The third-order valence-corrected chi connectivity index (χ3v) is 7.39. The summed E-state index contributed by atoms with van der Waals surface area (Å²) in [6.07, 6.45) is 6.21. The largest absolute Gasteiger partial charge is 0.336 e. The van der Waals surface area contributed by atoms with Crippen LogP contribution in [-0.4, -0.2) is 53.3 Å². The van der Waals surface area contributed by atoms with Crippen molar-refractivity contribution in [1.82, 2.24) is 9.80 Å². The van der Waals surface area contributed by atoms with E-state index in [0.717, 1.165) is 50.0 Å². The summed E-state index contributed by atoms with van der Waals surface area (Å²) in [5, 5.41) is 3.73. The van der Waals surface area contributed by atoms with Gasteiger partial charge in [-0.2, -0.15) is 0 Å². The Morgan fingerprint density at radius 2 is 2.07 bits per heavy atom. The van der Waals surface area contributed by atoms with Crippen LogP contribution in [0.1, 0.15) is 51.0 Å². The number of hydrogen-bond donors (Lipinski definition) is 1. The number of nitrogens with one attached hydrogen (secondary N) is 1. The summed E-state index contributed by atoms with van der Waals surface area (Å²) in [6.45, 7) is 6.38. The lowest BCUT2D eigenvalue weighted by molar-refractivity contribution is -0.153. The van der Waals surface area contributed by atoms with E-state index >= 15 is 0 Å². The Morgan fingerprint density at radius 3 is 2.83 bits per heavy atom. The average Bonchev–Trinajstić information content (AvgIpc) is 2.68. The summed E-state index contributed by atoms with van der Waals surface area (Å²) >= 11 is 6.08. The van der Waals surface area contributed by atoms with Crippen LogP contribution in [0.2, 0.25) is 5.02 Å². The van der Waals surface area contributed by atoms with E-state index in [4.69, 9.17) is 11.6 Å². The van der Waals surface area contributed by atoms with E-state index in [2.05, 4.69) is 22.0 Å². The maximum Gasteiger partial charge on any atom is 0.238 e. The summed E-state index contributed by atoms with van der Waals surface area (Å²) in [7, 11) is 0. The third-order valence-electron chi connectivity index (χ3n) is 6.97. The standard InChI is InChI=1S/C23H32ClN3O2/c1-3-5-20-16-11-17(21-6-4-7-23(29)27(20)21)13-26(12-16)14-22(28)25-18-8-9-19(24)15(2)10-18/h8-10,16-17,20-21H,3-7,11-14H2,1-2H3,(H,25,28)/t16-,17+,20-,21-/m0/s1. The molecule has 158 valence electrons. The number of likely N-dealkylation sites (tertiary alicyclic amines) is 1. The Kier molecular flexibility index (Phi) is 6.16. The highest BCUT2D eigenvalue weighted by Gasteiger charge is 2.48. The van der Waals surface area contributed by atoms with Crippen LogP contribution >= 0.6 is 11.6 Å². The van der Waals surface area contributed by atoms with Gasteiger partial charge in [-0.15, -0.1) is 0 Å². The number of anilines is 1. The number of piperidine rings is 3. The molecule has 0 spiro atoms. The molecule has 1 aromatic rings. The van der Waals surface area contributed by atoms with Crippen LogP contribution in [0.3, 0.4) is 0 Å². The minimum absolute atomic E-state index is 0.0234. The van der Waals surface area contributed by atoms with E-state index in [1.54, 1.807) is 0 Å². The van der Waals surface area contributed by atoms with Crippen LogP contribution < -0.4 is 5.32 Å². The van der Waals surface area contributed by atoms with Crippen molar-refractivity contribution in [2.24, 2.45) is 11.8 Å². The van der Waals surface area contributed by atoms with Crippen molar-refractivity contribution in [3.8, 4) is 0 Å². The molecule has 5 nitrogen and oxygen atoms in total. The van der Waals surface area contributed by atoms with Gasteiger partial charge in [-0.3, -0.25) is 14.5 Å². The van der Waals surface area contributed by atoms with Gasteiger partial charge in [0.2, 0.25) is 11.8 Å². The highest BCUT2D eigenvalue weighted by molar-refractivity contribution is 6.31. The lowest BCUT2D eigenvalue weighted by atomic mass is 9.71. The number of halogens is 1. The predicted octanol–water partition coefficient (Wildman–Crippen LogP) is 4.09. The Morgan fingerprint density at radius 1 is 1.28 bits per heavy atom. The fraction of sp³-hybridized carbons (Fsp3) is 0.652. The number of rotatable bonds is 5. The zero-order valence-corrected chi connectivity index (χ0v) is 18.3. The SMILES string of the molecule is CCC[C@H]1[C@H]2C[C@H](CN(CC(=O)Nc3ccc(Cl)c(C)c3)C2)[C@@H]2CCCC(=O)N21. The molecule has 0 radical (unpaired) electrons. The van der Waals surface area contributed by atoms with Crippen molar-refractivity contribution in [1.29, 1.82) is 0 Å². The van der Waals surface area contributed by atoms with Crippen LogP contribution in [0.4, 0.5) is 5.69 Å². The van der Waals surface area contributed by atoms with Crippen molar-refractivity contribution in [2.45, 2.75) is 64.5 Å². The average molecular weight is 418 g/mol. The number of hydrogen-bond acceptors (Lipinski definition) is 3. The van der Waals surface area contributed by atoms with Crippen molar-refractivity contribution in [2.75, 3.05) is 25.0 Å². The highest BCUT2D eigenvalue weighted by atomic mass is 35.5. The second-order valence-electron chi connectivity index (χ2n) is 9.08. The minimum atomic E-state index is 0.0234. The van der Waals surface area contributed by atoms with Crippen LogP contribution in [0.15, 0.2) is 18.2 Å². The molecule has 1 aromatic carbocycles. The van der Waals surface area contributed by atoms with Crippen molar-refractivity contribution >= 4 is 29.1 Å². The predicted molar refractivity (Wildman–Crippen MR) is 116 cm³/mol. The van der Waals surface area contributed by atoms with Gasteiger partial charge in [0.15, 0.2) is 0 Å². The summed E-state index contributed by atoms with van der Waals surface area (Å²) in [4.78, 5) is 30.0. The summed E-state index contributed by atoms with van der Waals surface area (Å²) in [5.41, 5.74) is 1.75. The molecule has 0 saturated carbocycles. The first-order valence-electron chi connectivity index (χ1n) is 11.1. The molecule has 2 bridgehead atoms. The van der Waals surface area contributed by atoms with Crippen molar-refractivity contribution in [3.63, 3.8) is 0 Å². The molecule has 0 aromatic heterocycles. The molecule has 2 amide bonds. The molecule has 4 atom stereocenters. The highest BCUT2D eigenvalue weighted by Crippen LogP contribution is 2.42. The number of nitrogens with zero attached hydrogens (tertiary/aromatic N) is 2. The molecule has 0 unspecified atom stereocenters. The number of carbonyl (C=O) groups excluding carboxylic acids is 2. The first kappa shape index (κ1) is 20.7. The number of aryl methyl sites for hydroxylation is 1. The minimum Gasteiger partial charge on any atom is -0.336 e. The quantitative estimate of drug-likeness (QED) is 0.785. The van der Waals surface area contributed by atoms with Gasteiger partial charge in [-0.05, 0) is 68.2 Å². The van der Waals surface area contributed by atoms with Crippen LogP contribution in [0.25, 0.3) is 0 Å². The lowest BCUT2D eigenvalue weighted by Crippen LogP contribution is -2.65. The van der Waals surface area contributed by atoms with Gasteiger partial charge in [0, 0.05) is 42.3 Å². The number of carbonyl (C=O) groups is 2. The molecular weight excluding hydrogens is 386 g/mol. The van der Waals surface area contributed by atoms with E-state index < -0.39 is 0 Å². The molecule has 6 heteroatoms. The molecular formula is C23H32ClN3O2. The molecule has 29 heavy (non-hydrogen) atoms. The fourth-order valence-electron chi connectivity index (χ4n) is 5.80. The fourth-order valence-corrected chi connectivity index (χ4v) is 5.91. The van der Waals surface area contributed by atoms with E-state index in [0.29, 0.717) is 47.8 Å². The second-order valence-corrected chi connectivity index (χ2v) is 9.49. The van der Waals surface area contributed by atoms with Crippen LogP contribution in [0, 0.1) is 18.8 Å². The smallest absolute Gasteiger partial charge is 0.238 e. The number of fused-ring (bicyclic) bond motifs is 4. The van der Waals surface area contributed by atoms with Crippen LogP contribution in [-0.2, 0) is 9.59 Å². The van der Waals surface area contributed by atoms with Gasteiger partial charge < -0.3 is 10.2 Å². The molecule has 3 fully saturated rings. The Hall–Kier alpha value is -1.59. The number of amides is 2. The summed E-state index contributed by atoms with van der Waals surface area (Å²) in [6, 6.07) is 6.30. The zero-order valence-electron chi connectivity index (χ0n) is 17.5. The van der Waals surface area contributed by atoms with E-state index in [1.165, 1.54) is 6.42 Å². The molecule has 3 saturated heterocycles. The monoisotopic (exact) mass is 417 g/mol. The zero-order chi connectivity index (χ0) is 20.5. The van der Waals surface area contributed by atoms with Gasteiger partial charge in [0.1, 0.15) is 0 Å². The Bertz CT molecular complexity index is 783. The lowest BCUT2D eigenvalue weighted by Gasteiger charge is -2.56. The van der Waals surface area contributed by atoms with Crippen LogP contribution in [0.5, 0.6) is 0 Å². The molecule has 4 rings (SSSR count). The van der Waals surface area contributed by atoms with E-state index in [-0.39, 0.29) is 5.91 Å². The molecule has 0 aliphatic carbocycles. The molecule has 1 N–H and O–H groups in total. The molecule has 3 aliphatic rings. The van der Waals surface area contributed by atoms with Gasteiger partial charge in [-0.25, -0.2) is 0 Å². The maximum absolute atomic E-state index is 12.7. The number of benzene rings is 1.